The Kier molecular flexibility index (Phi) is 1.11. The van der Waals surface area contributed by atoms with Gasteiger partial charge in [0.05, 0.1) is 6.61 Å². The Labute approximate surface area is 59.3 Å². The quantitative estimate of drug-likeness (QED) is 0.479. The molecule has 0 bridgehead atoms. The van der Waals surface area contributed by atoms with E-state index in [1.807, 2.05) is 7.05 Å². The molecule has 2 amide bonds. The average Bonchev–Trinajstić information content (AvgIpc) is 2.03. The molecule has 4 heteroatoms. The third-order valence-electron chi connectivity index (χ3n) is 2.11. The van der Waals surface area contributed by atoms with Crippen molar-refractivity contribution < 1.29 is 9.53 Å². The molecule has 0 aromatic rings. The number of fused-ring (bicyclic) bond motifs is 1. The van der Waals surface area contributed by atoms with Gasteiger partial charge in [-0.2, -0.15) is 0 Å². The van der Waals surface area contributed by atoms with E-state index in [0.29, 0.717) is 12.9 Å². The average molecular weight is 142 g/mol. The van der Waals surface area contributed by atoms with E-state index in [-0.39, 0.29) is 6.03 Å². The Morgan fingerprint density at radius 2 is 2.50 bits per heavy atom. The lowest BCUT2D eigenvalue weighted by Gasteiger charge is -2.50. The summed E-state index contributed by atoms with van der Waals surface area (Å²) in [5.74, 6) is 0. The lowest BCUT2D eigenvalue weighted by atomic mass is 10.2. The van der Waals surface area contributed by atoms with E-state index in [9.17, 15) is 4.79 Å². The highest BCUT2D eigenvalue weighted by Gasteiger charge is 2.42. The molecule has 10 heavy (non-hydrogen) atoms. The van der Waals surface area contributed by atoms with Crippen LogP contribution in [-0.4, -0.2) is 42.4 Å². The molecule has 2 rings (SSSR count). The van der Waals surface area contributed by atoms with Crippen molar-refractivity contribution in [2.24, 2.45) is 0 Å². The predicted octanol–water partition coefficient (Wildman–Crippen LogP) is 0.0577. The van der Waals surface area contributed by atoms with Gasteiger partial charge in [0.2, 0.25) is 0 Å². The molecule has 56 valence electrons. The fourth-order valence-corrected chi connectivity index (χ4v) is 1.45. The summed E-state index contributed by atoms with van der Waals surface area (Å²) in [5, 5.41) is 0. The zero-order valence-electron chi connectivity index (χ0n) is 5.91. The molecule has 0 spiro atoms. The molecule has 0 aromatic carbocycles. The molecular formula is C6H10N2O2. The third kappa shape index (κ3) is 0.568. The summed E-state index contributed by atoms with van der Waals surface area (Å²) < 4.78 is 5.10. The maximum atomic E-state index is 11.0. The van der Waals surface area contributed by atoms with Crippen LogP contribution in [0.4, 0.5) is 4.79 Å². The molecule has 4 nitrogen and oxygen atoms in total. The van der Waals surface area contributed by atoms with E-state index in [2.05, 4.69) is 0 Å². The normalized spacial score (nSPS) is 31.7. The van der Waals surface area contributed by atoms with E-state index in [0.717, 1.165) is 13.0 Å². The molecule has 0 radical (unpaired) electrons. The summed E-state index contributed by atoms with van der Waals surface area (Å²) in [6, 6.07) is 0.0877. The minimum Gasteiger partial charge on any atom is -0.361 e. The topological polar surface area (TPSA) is 32.8 Å². The zero-order chi connectivity index (χ0) is 7.14. The van der Waals surface area contributed by atoms with E-state index in [4.69, 9.17) is 4.74 Å². The Morgan fingerprint density at radius 3 is 3.20 bits per heavy atom. The summed E-state index contributed by atoms with van der Waals surface area (Å²) in [6.07, 6.45) is 1.27. The van der Waals surface area contributed by atoms with Crippen molar-refractivity contribution in [3.8, 4) is 0 Å². The van der Waals surface area contributed by atoms with Crippen LogP contribution in [-0.2, 0) is 4.74 Å². The monoisotopic (exact) mass is 142 g/mol. The number of nitrogens with zero attached hydrogens (tertiary/aromatic N) is 2. The summed E-state index contributed by atoms with van der Waals surface area (Å²) in [4.78, 5) is 14.5. The van der Waals surface area contributed by atoms with Crippen molar-refractivity contribution in [1.29, 1.82) is 0 Å². The second-order valence-electron chi connectivity index (χ2n) is 2.67. The van der Waals surface area contributed by atoms with Gasteiger partial charge in [-0.05, 0) is 0 Å². The molecule has 0 saturated carbocycles. The van der Waals surface area contributed by atoms with Crippen LogP contribution in [0.1, 0.15) is 6.42 Å². The van der Waals surface area contributed by atoms with Crippen LogP contribution in [0.3, 0.4) is 0 Å². The number of amides is 2. The number of carbonyl (C=O) groups excluding carboxylic acids is 1. The molecule has 2 aliphatic rings. The summed E-state index contributed by atoms with van der Waals surface area (Å²) >= 11 is 0. The molecule has 2 saturated heterocycles. The fourth-order valence-electron chi connectivity index (χ4n) is 1.45. The second kappa shape index (κ2) is 1.85. The summed E-state index contributed by atoms with van der Waals surface area (Å²) in [5.41, 5.74) is 0. The molecule has 0 N–H and O–H groups in total. The van der Waals surface area contributed by atoms with E-state index in [1.54, 1.807) is 9.80 Å². The molecular weight excluding hydrogens is 132 g/mol. The van der Waals surface area contributed by atoms with Gasteiger partial charge in [0.15, 0.2) is 0 Å². The van der Waals surface area contributed by atoms with E-state index >= 15 is 0 Å². The second-order valence-corrected chi connectivity index (χ2v) is 2.67. The minimum atomic E-state index is 0.0877. The van der Waals surface area contributed by atoms with Gasteiger partial charge in [0.1, 0.15) is 12.9 Å². The highest BCUT2D eigenvalue weighted by molar-refractivity contribution is 5.80. The van der Waals surface area contributed by atoms with Gasteiger partial charge < -0.3 is 9.64 Å². The van der Waals surface area contributed by atoms with Gasteiger partial charge in [-0.3, -0.25) is 4.90 Å². The van der Waals surface area contributed by atoms with Crippen LogP contribution < -0.4 is 0 Å². The molecule has 2 heterocycles. The van der Waals surface area contributed by atoms with Crippen LogP contribution in [0.25, 0.3) is 0 Å². The molecule has 2 aliphatic heterocycles. The van der Waals surface area contributed by atoms with E-state index in [1.165, 1.54) is 0 Å². The van der Waals surface area contributed by atoms with Gasteiger partial charge in [-0.25, -0.2) is 4.79 Å². The number of ether oxygens (including phenoxy) is 1. The molecule has 1 atom stereocenters. The zero-order valence-corrected chi connectivity index (χ0v) is 5.91. The molecule has 2 fully saturated rings. The van der Waals surface area contributed by atoms with Gasteiger partial charge in [-0.1, -0.05) is 0 Å². The predicted molar refractivity (Wildman–Crippen MR) is 34.2 cm³/mol. The molecule has 0 aliphatic carbocycles. The third-order valence-corrected chi connectivity index (χ3v) is 2.11. The van der Waals surface area contributed by atoms with Gasteiger partial charge >= 0.3 is 6.03 Å². The molecule has 0 aromatic heterocycles. The van der Waals surface area contributed by atoms with Crippen molar-refractivity contribution in [1.82, 2.24) is 9.80 Å². The lowest BCUT2D eigenvalue weighted by Crippen LogP contribution is -2.68. The first-order valence-corrected chi connectivity index (χ1v) is 3.42. The first-order valence-electron chi connectivity index (χ1n) is 3.42. The van der Waals surface area contributed by atoms with Crippen molar-refractivity contribution in [2.45, 2.75) is 12.6 Å². The van der Waals surface area contributed by atoms with Gasteiger partial charge in [-0.15, -0.1) is 0 Å². The lowest BCUT2D eigenvalue weighted by molar-refractivity contribution is -0.111. The van der Waals surface area contributed by atoms with E-state index < -0.39 is 0 Å². The first-order chi connectivity index (χ1) is 4.80. The van der Waals surface area contributed by atoms with Crippen LogP contribution in [0.15, 0.2) is 0 Å². The van der Waals surface area contributed by atoms with Crippen molar-refractivity contribution in [2.75, 3.05) is 20.4 Å². The van der Waals surface area contributed by atoms with Gasteiger partial charge in [0, 0.05) is 13.5 Å². The maximum Gasteiger partial charge on any atom is 0.324 e. The highest BCUT2D eigenvalue weighted by atomic mass is 16.5. The number of carbonyl (C=O) groups is 1. The number of rotatable bonds is 0. The highest BCUT2D eigenvalue weighted by Crippen LogP contribution is 2.24. The van der Waals surface area contributed by atoms with Crippen molar-refractivity contribution in [3.63, 3.8) is 0 Å². The Balaban J connectivity index is 2.06. The Hall–Kier alpha value is -0.770. The first kappa shape index (κ1) is 5.97. The number of urea groups is 1. The van der Waals surface area contributed by atoms with Gasteiger partial charge in [0.25, 0.3) is 0 Å². The Bertz CT molecular complexity index is 171. The fraction of sp³-hybridized carbons (Fsp3) is 0.833. The smallest absolute Gasteiger partial charge is 0.324 e. The maximum absolute atomic E-state index is 11.0. The minimum absolute atomic E-state index is 0.0877. The Morgan fingerprint density at radius 1 is 1.70 bits per heavy atom. The largest absolute Gasteiger partial charge is 0.361 e. The van der Waals surface area contributed by atoms with Crippen molar-refractivity contribution >= 4 is 6.03 Å². The summed E-state index contributed by atoms with van der Waals surface area (Å²) in [7, 11) is 1.83. The SMILES string of the molecule is CN1C(=O)N2COCCC12. The molecule has 1 unspecified atom stereocenters. The number of hydrogen-bond donors (Lipinski definition) is 0. The van der Waals surface area contributed by atoms with Crippen LogP contribution >= 0.6 is 0 Å². The summed E-state index contributed by atoms with van der Waals surface area (Å²) in [6.45, 7) is 1.26. The van der Waals surface area contributed by atoms with Crippen molar-refractivity contribution in [3.05, 3.63) is 0 Å². The van der Waals surface area contributed by atoms with Crippen LogP contribution in [0.2, 0.25) is 0 Å². The number of hydrogen-bond acceptors (Lipinski definition) is 2. The van der Waals surface area contributed by atoms with Crippen LogP contribution in [0.5, 0.6) is 0 Å². The standard InChI is InChI=1S/C6H10N2O2/c1-7-5-2-3-10-4-8(5)6(7)9/h5H,2-4H2,1H3. The van der Waals surface area contributed by atoms with Crippen LogP contribution in [0, 0.1) is 0 Å².